The molecule has 3 rings (SSSR count). The van der Waals surface area contributed by atoms with Gasteiger partial charge in [0.15, 0.2) is 0 Å². The molecule has 1 aromatic carbocycles. The predicted octanol–water partition coefficient (Wildman–Crippen LogP) is 2.19. The lowest BCUT2D eigenvalue weighted by molar-refractivity contribution is -0.128. The van der Waals surface area contributed by atoms with Crippen LogP contribution < -0.4 is 5.32 Å². The largest absolute Gasteiger partial charge is 0.378 e. The lowest BCUT2D eigenvalue weighted by Gasteiger charge is -2.39. The minimum atomic E-state index is -0.170. The second-order valence-corrected chi connectivity index (χ2v) is 7.31. The van der Waals surface area contributed by atoms with E-state index >= 15 is 0 Å². The summed E-state index contributed by atoms with van der Waals surface area (Å²) in [6.45, 7) is 3.98. The summed E-state index contributed by atoms with van der Waals surface area (Å²) in [4.78, 5) is 17.2. The molecule has 1 N–H and O–H groups in total. The molecule has 1 aliphatic heterocycles. The molecule has 1 aliphatic carbocycles. The number of hydrogen-bond acceptors (Lipinski definition) is 4. The van der Waals surface area contributed by atoms with Crippen LogP contribution in [0, 0.1) is 5.92 Å². The van der Waals surface area contributed by atoms with Crippen LogP contribution >= 0.6 is 0 Å². The van der Waals surface area contributed by atoms with Gasteiger partial charge in [-0.3, -0.25) is 9.69 Å². The predicted molar refractivity (Wildman–Crippen MR) is 96.0 cm³/mol. The zero-order chi connectivity index (χ0) is 16.9. The van der Waals surface area contributed by atoms with Crippen molar-refractivity contribution in [1.29, 1.82) is 0 Å². The SMILES string of the molecule is CN(C)Cc1cccc(NC(=O)[C@H]2COCCN2CC2CCC2)c1. The molecule has 1 saturated carbocycles. The van der Waals surface area contributed by atoms with Crippen LogP contribution in [0.3, 0.4) is 0 Å². The number of carbonyl (C=O) groups is 1. The molecule has 132 valence electrons. The van der Waals surface area contributed by atoms with Crippen molar-refractivity contribution in [2.24, 2.45) is 5.92 Å². The van der Waals surface area contributed by atoms with E-state index in [1.807, 2.05) is 26.2 Å². The number of rotatable bonds is 6. The topological polar surface area (TPSA) is 44.8 Å². The van der Waals surface area contributed by atoms with Crippen LogP contribution in [-0.2, 0) is 16.1 Å². The number of anilines is 1. The molecule has 2 fully saturated rings. The van der Waals surface area contributed by atoms with E-state index in [1.54, 1.807) is 0 Å². The zero-order valence-corrected chi connectivity index (χ0v) is 14.8. The summed E-state index contributed by atoms with van der Waals surface area (Å²) in [6.07, 6.45) is 3.95. The van der Waals surface area contributed by atoms with E-state index in [2.05, 4.69) is 27.2 Å². The number of ether oxygens (including phenoxy) is 1. The average Bonchev–Trinajstić information content (AvgIpc) is 2.51. The Balaban J connectivity index is 1.61. The van der Waals surface area contributed by atoms with E-state index in [0.29, 0.717) is 6.61 Å². The maximum absolute atomic E-state index is 12.8. The molecule has 0 radical (unpaired) electrons. The van der Waals surface area contributed by atoms with Crippen LogP contribution in [0.1, 0.15) is 24.8 Å². The fraction of sp³-hybridized carbons (Fsp3) is 0.632. The van der Waals surface area contributed by atoms with Crippen molar-refractivity contribution in [3.63, 3.8) is 0 Å². The summed E-state index contributed by atoms with van der Waals surface area (Å²) in [6, 6.07) is 7.92. The maximum atomic E-state index is 12.8. The molecule has 1 saturated heterocycles. The molecule has 0 unspecified atom stereocenters. The highest BCUT2D eigenvalue weighted by Crippen LogP contribution is 2.28. The lowest BCUT2D eigenvalue weighted by atomic mass is 9.84. The molecule has 1 aromatic rings. The highest BCUT2D eigenvalue weighted by atomic mass is 16.5. The van der Waals surface area contributed by atoms with Gasteiger partial charge in [-0.1, -0.05) is 18.6 Å². The summed E-state index contributed by atoms with van der Waals surface area (Å²) in [5.74, 6) is 0.817. The van der Waals surface area contributed by atoms with Crippen molar-refractivity contribution in [2.45, 2.75) is 31.8 Å². The Kier molecular flexibility index (Phi) is 5.87. The molecule has 24 heavy (non-hydrogen) atoms. The second-order valence-electron chi connectivity index (χ2n) is 7.31. The van der Waals surface area contributed by atoms with E-state index < -0.39 is 0 Å². The number of amides is 1. The molecule has 0 bridgehead atoms. The molecule has 0 aromatic heterocycles. The summed E-state index contributed by atoms with van der Waals surface area (Å²) in [5, 5.41) is 3.09. The van der Waals surface area contributed by atoms with Gasteiger partial charge in [-0.15, -0.1) is 0 Å². The van der Waals surface area contributed by atoms with Crippen LogP contribution in [0.5, 0.6) is 0 Å². The molecule has 1 atom stereocenters. The average molecular weight is 331 g/mol. The van der Waals surface area contributed by atoms with Crippen LogP contribution in [-0.4, -0.2) is 62.1 Å². The highest BCUT2D eigenvalue weighted by molar-refractivity contribution is 5.95. The van der Waals surface area contributed by atoms with Gasteiger partial charge in [0.1, 0.15) is 6.04 Å². The first-order valence-electron chi connectivity index (χ1n) is 8.98. The van der Waals surface area contributed by atoms with Crippen LogP contribution in [0.15, 0.2) is 24.3 Å². The maximum Gasteiger partial charge on any atom is 0.244 e. The standard InChI is InChI=1S/C19H29N3O2/c1-21(2)12-16-7-4-8-17(11-16)20-19(23)18-14-24-10-9-22(18)13-15-5-3-6-15/h4,7-8,11,15,18H,3,5-6,9-10,12-14H2,1-2H3,(H,20,23)/t18-/m1/s1. The van der Waals surface area contributed by atoms with Gasteiger partial charge in [0.05, 0.1) is 13.2 Å². The molecule has 1 amide bonds. The van der Waals surface area contributed by atoms with E-state index in [1.165, 1.54) is 24.8 Å². The van der Waals surface area contributed by atoms with Gasteiger partial charge in [-0.05, 0) is 50.6 Å². The van der Waals surface area contributed by atoms with Crippen molar-refractivity contribution >= 4 is 11.6 Å². The Hall–Kier alpha value is -1.43. The summed E-state index contributed by atoms with van der Waals surface area (Å²) >= 11 is 0. The minimum Gasteiger partial charge on any atom is -0.378 e. The number of nitrogens with one attached hydrogen (secondary N) is 1. The van der Waals surface area contributed by atoms with Gasteiger partial charge >= 0.3 is 0 Å². The lowest BCUT2D eigenvalue weighted by Crippen LogP contribution is -2.53. The number of nitrogens with zero attached hydrogens (tertiary/aromatic N) is 2. The minimum absolute atomic E-state index is 0.0519. The van der Waals surface area contributed by atoms with Crippen molar-refractivity contribution < 1.29 is 9.53 Å². The fourth-order valence-electron chi connectivity index (χ4n) is 3.44. The zero-order valence-electron chi connectivity index (χ0n) is 14.8. The molecular weight excluding hydrogens is 302 g/mol. The fourth-order valence-corrected chi connectivity index (χ4v) is 3.44. The number of carbonyl (C=O) groups excluding carboxylic acids is 1. The molecule has 0 spiro atoms. The Morgan fingerprint density at radius 2 is 2.21 bits per heavy atom. The third-order valence-electron chi connectivity index (χ3n) is 4.95. The van der Waals surface area contributed by atoms with E-state index in [4.69, 9.17) is 4.74 Å². The Bertz CT molecular complexity index is 557. The van der Waals surface area contributed by atoms with Crippen molar-refractivity contribution in [1.82, 2.24) is 9.80 Å². The van der Waals surface area contributed by atoms with Crippen molar-refractivity contribution in [2.75, 3.05) is 45.7 Å². The molecular formula is C19H29N3O2. The smallest absolute Gasteiger partial charge is 0.244 e. The van der Waals surface area contributed by atoms with Gasteiger partial charge in [0, 0.05) is 25.3 Å². The number of benzene rings is 1. The van der Waals surface area contributed by atoms with Crippen molar-refractivity contribution in [3.8, 4) is 0 Å². The highest BCUT2D eigenvalue weighted by Gasteiger charge is 2.32. The van der Waals surface area contributed by atoms with E-state index in [0.717, 1.165) is 37.8 Å². The first kappa shape index (κ1) is 17.4. The Morgan fingerprint density at radius 1 is 1.38 bits per heavy atom. The molecule has 2 aliphatic rings. The number of morpholine rings is 1. The third kappa shape index (κ3) is 4.56. The van der Waals surface area contributed by atoms with Gasteiger partial charge < -0.3 is 15.0 Å². The summed E-state index contributed by atoms with van der Waals surface area (Å²) < 4.78 is 5.57. The monoisotopic (exact) mass is 331 g/mol. The van der Waals surface area contributed by atoms with Gasteiger partial charge in [0.2, 0.25) is 5.91 Å². The van der Waals surface area contributed by atoms with Gasteiger partial charge in [-0.2, -0.15) is 0 Å². The quantitative estimate of drug-likeness (QED) is 0.868. The first-order valence-corrected chi connectivity index (χ1v) is 8.98. The molecule has 1 heterocycles. The van der Waals surface area contributed by atoms with E-state index in [9.17, 15) is 4.79 Å². The van der Waals surface area contributed by atoms with Crippen molar-refractivity contribution in [3.05, 3.63) is 29.8 Å². The Labute approximate surface area is 145 Å². The molecule has 5 nitrogen and oxygen atoms in total. The van der Waals surface area contributed by atoms with E-state index in [-0.39, 0.29) is 11.9 Å². The Morgan fingerprint density at radius 3 is 2.92 bits per heavy atom. The summed E-state index contributed by atoms with van der Waals surface area (Å²) in [5.41, 5.74) is 2.07. The van der Waals surface area contributed by atoms with Crippen LogP contribution in [0.25, 0.3) is 0 Å². The molecule has 5 heteroatoms. The van der Waals surface area contributed by atoms with Gasteiger partial charge in [0.25, 0.3) is 0 Å². The summed E-state index contributed by atoms with van der Waals surface area (Å²) in [7, 11) is 4.09. The van der Waals surface area contributed by atoms with Crippen LogP contribution in [0.4, 0.5) is 5.69 Å². The first-order chi connectivity index (χ1) is 11.6. The second kappa shape index (κ2) is 8.10. The van der Waals surface area contributed by atoms with Gasteiger partial charge in [-0.25, -0.2) is 0 Å². The normalized spacial score (nSPS) is 22.4. The number of hydrogen-bond donors (Lipinski definition) is 1. The van der Waals surface area contributed by atoms with Crippen LogP contribution in [0.2, 0.25) is 0 Å². The third-order valence-corrected chi connectivity index (χ3v) is 4.95.